The molecule has 1 aliphatic heterocycles. The molecule has 5 fully saturated rings. The van der Waals surface area contributed by atoms with Crippen LogP contribution in [0.4, 0.5) is 0 Å². The molecule has 5 aliphatic rings. The molecule has 4 aliphatic carbocycles. The number of nitrogens with zero attached hydrogens (tertiary/aromatic N) is 1. The number of amides is 1. The van der Waals surface area contributed by atoms with Crippen molar-refractivity contribution in [2.75, 3.05) is 26.2 Å². The van der Waals surface area contributed by atoms with Crippen LogP contribution >= 0.6 is 0 Å². The first-order valence-corrected chi connectivity index (χ1v) is 13.4. The number of nitrogens with two attached hydrogens (primary N) is 1. The highest BCUT2D eigenvalue weighted by Gasteiger charge is 2.60. The van der Waals surface area contributed by atoms with Crippen molar-refractivity contribution in [2.45, 2.75) is 44.6 Å². The van der Waals surface area contributed by atoms with Crippen LogP contribution in [0.3, 0.4) is 0 Å². The number of fused-ring (bicyclic) bond motifs is 1. The van der Waals surface area contributed by atoms with Gasteiger partial charge >= 0.3 is 0 Å². The molecule has 4 saturated carbocycles. The van der Waals surface area contributed by atoms with Crippen LogP contribution in [0.25, 0.3) is 22.3 Å². The van der Waals surface area contributed by atoms with E-state index in [0.717, 1.165) is 67.9 Å². The third-order valence-electron chi connectivity index (χ3n) is 9.56. The maximum absolute atomic E-state index is 13.0. The van der Waals surface area contributed by atoms with Crippen LogP contribution in [0.5, 0.6) is 0 Å². The Hall–Kier alpha value is -2.63. The molecule has 1 aromatic heterocycles. The number of hydrogen-bond donors (Lipinski definition) is 2. The van der Waals surface area contributed by atoms with Gasteiger partial charge in [-0.05, 0) is 73.1 Å². The number of hydrogen-bond acceptors (Lipinski definition) is 4. The molecule has 1 amide bonds. The summed E-state index contributed by atoms with van der Waals surface area (Å²) < 4.78 is 6.51. The number of furan rings is 1. The summed E-state index contributed by atoms with van der Waals surface area (Å²) in [6.45, 7) is 5.24. The smallest absolute Gasteiger partial charge is 0.224 e. The minimum absolute atomic E-state index is 0.0847. The molecular weight excluding hydrogens is 434 g/mol. The molecule has 3 atom stereocenters. The Morgan fingerprint density at radius 3 is 2.57 bits per heavy atom. The van der Waals surface area contributed by atoms with Gasteiger partial charge in [0.1, 0.15) is 11.3 Å². The summed E-state index contributed by atoms with van der Waals surface area (Å²) in [5, 5.41) is 4.56. The highest BCUT2D eigenvalue weighted by atomic mass is 16.3. The molecule has 4 bridgehead atoms. The molecule has 0 spiro atoms. The van der Waals surface area contributed by atoms with Gasteiger partial charge < -0.3 is 15.5 Å². The minimum atomic E-state index is -0.395. The van der Waals surface area contributed by atoms with Gasteiger partial charge in [-0.1, -0.05) is 36.4 Å². The van der Waals surface area contributed by atoms with E-state index in [1.807, 2.05) is 0 Å². The lowest BCUT2D eigenvalue weighted by atomic mass is 9.43. The zero-order chi connectivity index (χ0) is 23.6. The van der Waals surface area contributed by atoms with E-state index in [1.54, 1.807) is 0 Å². The average molecular weight is 470 g/mol. The molecule has 0 radical (unpaired) electrons. The van der Waals surface area contributed by atoms with Crippen molar-refractivity contribution in [2.24, 2.45) is 28.9 Å². The third-order valence-corrected chi connectivity index (χ3v) is 9.56. The van der Waals surface area contributed by atoms with Crippen LogP contribution in [0.2, 0.25) is 0 Å². The number of primary amides is 1. The topological polar surface area (TPSA) is 71.5 Å². The van der Waals surface area contributed by atoms with Gasteiger partial charge in [-0.25, -0.2) is 0 Å². The first-order chi connectivity index (χ1) is 17.1. The van der Waals surface area contributed by atoms with Gasteiger partial charge in [0.2, 0.25) is 5.91 Å². The molecule has 35 heavy (non-hydrogen) atoms. The van der Waals surface area contributed by atoms with Crippen LogP contribution in [0, 0.1) is 23.2 Å². The maximum atomic E-state index is 13.0. The van der Waals surface area contributed by atoms with Gasteiger partial charge in [0.05, 0.1) is 5.41 Å². The molecule has 182 valence electrons. The Morgan fingerprint density at radius 2 is 1.80 bits per heavy atom. The normalized spacial score (nSPS) is 32.3. The number of piperazine rings is 1. The summed E-state index contributed by atoms with van der Waals surface area (Å²) in [7, 11) is 0. The van der Waals surface area contributed by atoms with E-state index in [2.05, 4.69) is 58.7 Å². The highest BCUT2D eigenvalue weighted by molar-refractivity contribution is 5.86. The Balaban J connectivity index is 1.26. The molecule has 2 heterocycles. The van der Waals surface area contributed by atoms with Gasteiger partial charge in [0, 0.05) is 49.6 Å². The molecule has 3 unspecified atom stereocenters. The van der Waals surface area contributed by atoms with Gasteiger partial charge in [-0.3, -0.25) is 9.69 Å². The van der Waals surface area contributed by atoms with Crippen molar-refractivity contribution in [3.8, 4) is 11.3 Å². The lowest BCUT2D eigenvalue weighted by molar-refractivity contribution is -0.147. The number of nitrogens with one attached hydrogen (secondary N) is 1. The van der Waals surface area contributed by atoms with E-state index in [-0.39, 0.29) is 11.8 Å². The number of benzene rings is 2. The number of rotatable bonds is 5. The first-order valence-electron chi connectivity index (χ1n) is 13.4. The Bertz CT molecular complexity index is 1260. The summed E-state index contributed by atoms with van der Waals surface area (Å²) in [6.07, 6.45) is 5.69. The van der Waals surface area contributed by atoms with Gasteiger partial charge in [-0.15, -0.1) is 0 Å². The SMILES string of the molecule is NC(=O)C12CC3CC(CC(C3)C1c1ccccc1-c1cc3ccc(CN4CCNCC4)cc3o1)C2. The average Bonchev–Trinajstić information content (AvgIpc) is 3.27. The van der Waals surface area contributed by atoms with E-state index in [9.17, 15) is 4.79 Å². The van der Waals surface area contributed by atoms with E-state index < -0.39 is 5.41 Å². The predicted molar refractivity (Wildman–Crippen MR) is 138 cm³/mol. The second kappa shape index (κ2) is 8.21. The Morgan fingerprint density at radius 1 is 1.03 bits per heavy atom. The standard InChI is InChI=1S/C30H35N3O2/c31-29(34)30-16-20-11-21(17-30)13-23(12-20)28(30)25-4-2-1-3-24(25)27-15-22-6-5-19(14-26(22)35-27)18-33-9-7-32-8-10-33/h1-6,14-15,20-21,23,28,32H,7-13,16-18H2,(H2,31,34). The van der Waals surface area contributed by atoms with E-state index in [0.29, 0.717) is 17.8 Å². The predicted octanol–water partition coefficient (Wildman–Crippen LogP) is 4.90. The molecule has 3 N–H and O–H groups in total. The van der Waals surface area contributed by atoms with Crippen molar-refractivity contribution in [1.29, 1.82) is 0 Å². The Labute approximate surface area is 207 Å². The fourth-order valence-corrected chi connectivity index (χ4v) is 8.37. The lowest BCUT2D eigenvalue weighted by Gasteiger charge is -2.60. The van der Waals surface area contributed by atoms with Crippen LogP contribution in [-0.2, 0) is 11.3 Å². The molecule has 3 aromatic rings. The lowest BCUT2D eigenvalue weighted by Crippen LogP contribution is -2.57. The minimum Gasteiger partial charge on any atom is -0.456 e. The van der Waals surface area contributed by atoms with Crippen molar-refractivity contribution in [3.63, 3.8) is 0 Å². The quantitative estimate of drug-likeness (QED) is 0.558. The van der Waals surface area contributed by atoms with Crippen molar-refractivity contribution in [1.82, 2.24) is 10.2 Å². The Kier molecular flexibility index (Phi) is 5.07. The summed E-state index contributed by atoms with van der Waals surface area (Å²) in [4.78, 5) is 15.5. The van der Waals surface area contributed by atoms with Crippen LogP contribution < -0.4 is 11.1 Å². The fraction of sp³-hybridized carbons (Fsp3) is 0.500. The second-order valence-electron chi connectivity index (χ2n) is 11.7. The zero-order valence-electron chi connectivity index (χ0n) is 20.3. The van der Waals surface area contributed by atoms with Crippen LogP contribution in [0.15, 0.2) is 52.9 Å². The molecule has 5 nitrogen and oxygen atoms in total. The summed E-state index contributed by atoms with van der Waals surface area (Å²) in [5.41, 5.74) is 10.4. The second-order valence-corrected chi connectivity index (χ2v) is 11.7. The number of carbonyl (C=O) groups is 1. The summed E-state index contributed by atoms with van der Waals surface area (Å²) >= 11 is 0. The summed E-state index contributed by atoms with van der Waals surface area (Å²) in [6, 6.07) is 17.4. The largest absolute Gasteiger partial charge is 0.456 e. The maximum Gasteiger partial charge on any atom is 0.224 e. The van der Waals surface area contributed by atoms with Crippen LogP contribution in [-0.4, -0.2) is 37.0 Å². The van der Waals surface area contributed by atoms with Gasteiger partial charge in [-0.2, -0.15) is 0 Å². The van der Waals surface area contributed by atoms with E-state index >= 15 is 0 Å². The number of carbonyl (C=O) groups excluding carboxylic acids is 1. The van der Waals surface area contributed by atoms with E-state index in [1.165, 1.54) is 30.4 Å². The van der Waals surface area contributed by atoms with Crippen molar-refractivity contribution in [3.05, 3.63) is 59.7 Å². The molecule has 8 rings (SSSR count). The molecule has 2 aromatic carbocycles. The van der Waals surface area contributed by atoms with Gasteiger partial charge in [0.25, 0.3) is 0 Å². The van der Waals surface area contributed by atoms with Crippen molar-refractivity contribution < 1.29 is 9.21 Å². The van der Waals surface area contributed by atoms with Crippen LogP contribution in [0.1, 0.15) is 49.1 Å². The molecule has 5 heteroatoms. The zero-order valence-corrected chi connectivity index (χ0v) is 20.3. The van der Waals surface area contributed by atoms with Gasteiger partial charge in [0.15, 0.2) is 0 Å². The first kappa shape index (κ1) is 21.6. The summed E-state index contributed by atoms with van der Waals surface area (Å²) in [5.74, 6) is 2.90. The molecular formula is C30H35N3O2. The fourth-order valence-electron chi connectivity index (χ4n) is 8.37. The third kappa shape index (κ3) is 3.54. The monoisotopic (exact) mass is 469 g/mol. The molecule has 1 saturated heterocycles. The highest BCUT2D eigenvalue weighted by Crippen LogP contribution is 2.66. The van der Waals surface area contributed by atoms with Crippen molar-refractivity contribution >= 4 is 16.9 Å². The van der Waals surface area contributed by atoms with E-state index in [4.69, 9.17) is 10.2 Å².